The van der Waals surface area contributed by atoms with Gasteiger partial charge < -0.3 is 24.9 Å². The Morgan fingerprint density at radius 3 is 0.878 bits per heavy atom. The van der Waals surface area contributed by atoms with E-state index in [9.17, 15) is 0 Å². The molecule has 0 aliphatic heterocycles. The quantitative estimate of drug-likeness (QED) is 0.131. The zero-order valence-corrected chi connectivity index (χ0v) is 21.7. The second kappa shape index (κ2) is 6.72. The standard InChI is InChI=1S/C36H21N5/c1-3-7-27-17(5-1)23-11-31-25(13-29(23)37-27)21-9-19-20-10-22-26-14-30-24(18-6-2-4-8-28(18)38-30)12-32(26)40-36(22)16-34(20)41-33(19)15-35(21)39-31/h1-16,37-41H. The Morgan fingerprint density at radius 2 is 0.488 bits per heavy atom. The highest BCUT2D eigenvalue weighted by atomic mass is 14.8. The van der Waals surface area contributed by atoms with Crippen LogP contribution < -0.4 is 0 Å². The Labute approximate surface area is 230 Å². The monoisotopic (exact) mass is 523 g/mol. The van der Waals surface area contributed by atoms with E-state index >= 15 is 0 Å². The van der Waals surface area contributed by atoms with Gasteiger partial charge >= 0.3 is 0 Å². The highest BCUT2D eigenvalue weighted by molar-refractivity contribution is 6.24. The van der Waals surface area contributed by atoms with E-state index in [1.165, 1.54) is 75.9 Å². The molecule has 0 atom stereocenters. The molecule has 5 heteroatoms. The molecule has 0 aliphatic rings. The second-order valence-electron chi connectivity index (χ2n) is 11.5. The minimum atomic E-state index is 1.14. The van der Waals surface area contributed by atoms with Crippen LogP contribution in [0.25, 0.3) is 109 Å². The van der Waals surface area contributed by atoms with Crippen LogP contribution >= 0.6 is 0 Å². The minimum Gasteiger partial charge on any atom is -0.354 e. The van der Waals surface area contributed by atoms with Crippen molar-refractivity contribution in [2.45, 2.75) is 0 Å². The molecule has 0 bridgehead atoms. The van der Waals surface area contributed by atoms with Crippen LogP contribution in [0, 0.1) is 0 Å². The summed E-state index contributed by atoms with van der Waals surface area (Å²) < 4.78 is 0. The van der Waals surface area contributed by atoms with Crippen molar-refractivity contribution in [1.29, 1.82) is 0 Å². The zero-order chi connectivity index (χ0) is 26.4. The molecule has 0 saturated carbocycles. The van der Waals surface area contributed by atoms with E-state index in [2.05, 4.69) is 122 Å². The topological polar surface area (TPSA) is 78.9 Å². The van der Waals surface area contributed by atoms with Gasteiger partial charge in [-0.1, -0.05) is 36.4 Å². The summed E-state index contributed by atoms with van der Waals surface area (Å²) in [5, 5.41) is 12.5. The summed E-state index contributed by atoms with van der Waals surface area (Å²) in [6, 6.07) is 35.4. The summed E-state index contributed by atoms with van der Waals surface area (Å²) in [7, 11) is 0. The van der Waals surface area contributed by atoms with Crippen molar-refractivity contribution in [2.24, 2.45) is 0 Å². The SMILES string of the molecule is c1ccc2c(c1)[nH]c1cc3c(cc12)[nH]c1cc2[nH]c4cc5[nH]c6cc7c(cc6c5cc4c2cc13)[nH]c1ccccc17. The molecular formula is C36H21N5. The lowest BCUT2D eigenvalue weighted by Gasteiger charge is -1.97. The van der Waals surface area contributed by atoms with Crippen LogP contribution in [0.4, 0.5) is 0 Å². The summed E-state index contributed by atoms with van der Waals surface area (Å²) in [6.07, 6.45) is 0. The minimum absolute atomic E-state index is 1.14. The molecule has 6 aromatic carbocycles. The zero-order valence-electron chi connectivity index (χ0n) is 21.7. The van der Waals surface area contributed by atoms with Crippen molar-refractivity contribution in [3.8, 4) is 0 Å². The molecular weight excluding hydrogens is 502 g/mol. The molecule has 0 saturated heterocycles. The molecule has 41 heavy (non-hydrogen) atoms. The van der Waals surface area contributed by atoms with Crippen LogP contribution in [0.3, 0.4) is 0 Å². The summed E-state index contributed by atoms with van der Waals surface area (Å²) in [6.45, 7) is 0. The lowest BCUT2D eigenvalue weighted by atomic mass is 10.0. The number of aromatic nitrogens is 5. The fourth-order valence-corrected chi connectivity index (χ4v) is 7.39. The van der Waals surface area contributed by atoms with Gasteiger partial charge in [0.25, 0.3) is 0 Å². The van der Waals surface area contributed by atoms with Gasteiger partial charge in [0, 0.05) is 109 Å². The molecule has 5 aromatic heterocycles. The molecule has 5 nitrogen and oxygen atoms in total. The van der Waals surface area contributed by atoms with Gasteiger partial charge in [-0.25, -0.2) is 0 Å². The number of nitrogens with one attached hydrogen (secondary N) is 5. The van der Waals surface area contributed by atoms with Crippen molar-refractivity contribution in [3.63, 3.8) is 0 Å². The van der Waals surface area contributed by atoms with Gasteiger partial charge in [-0.3, -0.25) is 0 Å². The van der Waals surface area contributed by atoms with Crippen LogP contribution in [-0.4, -0.2) is 24.9 Å². The molecule has 0 fully saturated rings. The number of rotatable bonds is 0. The van der Waals surface area contributed by atoms with Gasteiger partial charge in [0.05, 0.1) is 0 Å². The number of benzene rings is 6. The fraction of sp³-hybridized carbons (Fsp3) is 0. The highest BCUT2D eigenvalue weighted by Gasteiger charge is 2.15. The van der Waals surface area contributed by atoms with Crippen LogP contribution in [0.2, 0.25) is 0 Å². The summed E-state index contributed by atoms with van der Waals surface area (Å²) in [5.41, 5.74) is 11.6. The maximum absolute atomic E-state index is 3.70. The number of H-pyrrole nitrogens is 5. The Kier molecular flexibility index (Phi) is 3.32. The molecule has 11 aromatic rings. The van der Waals surface area contributed by atoms with Crippen LogP contribution in [0.5, 0.6) is 0 Å². The largest absolute Gasteiger partial charge is 0.354 e. The fourth-order valence-electron chi connectivity index (χ4n) is 7.39. The van der Waals surface area contributed by atoms with E-state index in [4.69, 9.17) is 0 Å². The summed E-state index contributed by atoms with van der Waals surface area (Å²) >= 11 is 0. The maximum atomic E-state index is 3.70. The van der Waals surface area contributed by atoms with E-state index in [0.29, 0.717) is 0 Å². The van der Waals surface area contributed by atoms with Crippen LogP contribution in [0.1, 0.15) is 0 Å². The van der Waals surface area contributed by atoms with E-state index in [1.54, 1.807) is 0 Å². The van der Waals surface area contributed by atoms with E-state index < -0.39 is 0 Å². The normalized spacial score (nSPS) is 12.9. The third-order valence-corrected chi connectivity index (χ3v) is 9.28. The van der Waals surface area contributed by atoms with Gasteiger partial charge in [0.2, 0.25) is 0 Å². The van der Waals surface area contributed by atoms with Gasteiger partial charge in [-0.2, -0.15) is 0 Å². The van der Waals surface area contributed by atoms with Crippen LogP contribution in [0.15, 0.2) is 97.1 Å². The van der Waals surface area contributed by atoms with E-state index in [-0.39, 0.29) is 0 Å². The van der Waals surface area contributed by atoms with Gasteiger partial charge in [-0.05, 0) is 60.7 Å². The summed E-state index contributed by atoms with van der Waals surface area (Å²) in [5.74, 6) is 0. The van der Waals surface area contributed by atoms with Crippen molar-refractivity contribution in [3.05, 3.63) is 97.1 Å². The molecule has 0 aliphatic carbocycles. The van der Waals surface area contributed by atoms with Gasteiger partial charge in [0.15, 0.2) is 0 Å². The number of para-hydroxylation sites is 2. The Hall–Kier alpha value is -5.68. The first-order valence-corrected chi connectivity index (χ1v) is 14.0. The molecule has 11 rings (SSSR count). The number of aromatic amines is 5. The average Bonchev–Trinajstić information content (AvgIpc) is 3.78. The lowest BCUT2D eigenvalue weighted by molar-refractivity contribution is 1.52. The first kappa shape index (κ1) is 20.3. The van der Waals surface area contributed by atoms with Crippen molar-refractivity contribution >= 4 is 109 Å². The highest BCUT2D eigenvalue weighted by Crippen LogP contribution is 2.39. The third kappa shape index (κ3) is 2.48. The van der Waals surface area contributed by atoms with E-state index in [0.717, 1.165) is 33.1 Å². The third-order valence-electron chi connectivity index (χ3n) is 9.28. The molecule has 0 radical (unpaired) electrons. The number of fused-ring (bicyclic) bond motifs is 15. The first-order chi connectivity index (χ1) is 20.2. The first-order valence-electron chi connectivity index (χ1n) is 14.0. The molecule has 5 N–H and O–H groups in total. The number of hydrogen-bond donors (Lipinski definition) is 5. The Bertz CT molecular complexity index is 2720. The average molecular weight is 524 g/mol. The maximum Gasteiger partial charge on any atom is 0.0486 e. The molecule has 0 spiro atoms. The molecule has 5 heterocycles. The predicted molar refractivity (Wildman–Crippen MR) is 173 cm³/mol. The Morgan fingerprint density at radius 1 is 0.220 bits per heavy atom. The smallest absolute Gasteiger partial charge is 0.0486 e. The van der Waals surface area contributed by atoms with Crippen molar-refractivity contribution < 1.29 is 0 Å². The lowest BCUT2D eigenvalue weighted by Crippen LogP contribution is -1.72. The molecule has 0 amide bonds. The van der Waals surface area contributed by atoms with Gasteiger partial charge in [-0.15, -0.1) is 0 Å². The molecule has 0 unspecified atom stereocenters. The van der Waals surface area contributed by atoms with Crippen molar-refractivity contribution in [1.82, 2.24) is 24.9 Å². The molecule has 190 valence electrons. The predicted octanol–water partition coefficient (Wildman–Crippen LogP) is 9.86. The van der Waals surface area contributed by atoms with Crippen LogP contribution in [-0.2, 0) is 0 Å². The van der Waals surface area contributed by atoms with Gasteiger partial charge in [0.1, 0.15) is 0 Å². The Balaban J connectivity index is 1.20. The second-order valence-corrected chi connectivity index (χ2v) is 11.5. The number of hydrogen-bond acceptors (Lipinski definition) is 0. The summed E-state index contributed by atoms with van der Waals surface area (Å²) in [4.78, 5) is 18.3. The van der Waals surface area contributed by atoms with E-state index in [1.807, 2.05) is 0 Å². The van der Waals surface area contributed by atoms with Crippen molar-refractivity contribution in [2.75, 3.05) is 0 Å².